The maximum atomic E-state index is 5.81. The van der Waals surface area contributed by atoms with Crippen molar-refractivity contribution in [1.29, 1.82) is 0 Å². The maximum absolute atomic E-state index is 5.81. The summed E-state index contributed by atoms with van der Waals surface area (Å²) in [5.74, 6) is 0.662. The number of rotatable bonds is 4. The topological polar surface area (TPSA) is 38.9 Å². The number of thiophene rings is 1. The number of anilines is 1. The fraction of sp³-hybridized carbons (Fsp3) is 0.308. The first kappa shape index (κ1) is 11.1. The lowest BCUT2D eigenvalue weighted by molar-refractivity contribution is 0.974. The Kier molecular flexibility index (Phi) is 3.57. The molecule has 3 heteroatoms. The molecule has 0 saturated carbocycles. The van der Waals surface area contributed by atoms with E-state index >= 15 is 0 Å². The Labute approximate surface area is 100 Å². The van der Waals surface area contributed by atoms with Crippen molar-refractivity contribution in [2.24, 2.45) is 0 Å². The number of hydrogen-bond acceptors (Lipinski definition) is 3. The Hall–Kier alpha value is -1.35. The average molecular weight is 232 g/mol. The number of nitrogen functional groups attached to an aromatic ring is 1. The molecule has 2 nitrogen and oxygen atoms in total. The van der Waals surface area contributed by atoms with Gasteiger partial charge in [-0.15, -0.1) is 11.3 Å². The van der Waals surface area contributed by atoms with Crippen molar-refractivity contribution in [2.45, 2.75) is 26.2 Å². The number of nitrogens with zero attached hydrogens (tertiary/aromatic N) is 1. The summed E-state index contributed by atoms with van der Waals surface area (Å²) in [5.41, 5.74) is 6.96. The summed E-state index contributed by atoms with van der Waals surface area (Å²) in [7, 11) is 0. The van der Waals surface area contributed by atoms with Crippen LogP contribution in [0.25, 0.3) is 0 Å². The minimum atomic E-state index is 0.662. The molecule has 0 unspecified atom stereocenters. The molecule has 84 valence electrons. The van der Waals surface area contributed by atoms with Crippen molar-refractivity contribution in [3.05, 3.63) is 45.8 Å². The van der Waals surface area contributed by atoms with E-state index in [1.807, 2.05) is 17.4 Å². The Morgan fingerprint density at radius 1 is 1.19 bits per heavy atom. The molecule has 2 N–H and O–H groups in total. The van der Waals surface area contributed by atoms with E-state index in [1.165, 1.54) is 9.75 Å². The smallest absolute Gasteiger partial charge is 0.126 e. The Morgan fingerprint density at radius 2 is 2.00 bits per heavy atom. The van der Waals surface area contributed by atoms with Gasteiger partial charge in [0.2, 0.25) is 0 Å². The average Bonchev–Trinajstić information content (AvgIpc) is 2.76. The van der Waals surface area contributed by atoms with Crippen molar-refractivity contribution < 1.29 is 0 Å². The van der Waals surface area contributed by atoms with Crippen LogP contribution in [0.4, 0.5) is 5.82 Å². The number of nitrogens with two attached hydrogens (primary N) is 1. The van der Waals surface area contributed by atoms with Gasteiger partial charge in [0.05, 0.1) is 0 Å². The molecule has 0 radical (unpaired) electrons. The Morgan fingerprint density at radius 3 is 2.69 bits per heavy atom. The third-order valence-electron chi connectivity index (χ3n) is 2.63. The molecule has 0 atom stereocenters. The molecule has 0 aromatic carbocycles. The van der Waals surface area contributed by atoms with Gasteiger partial charge >= 0.3 is 0 Å². The molecular formula is C13H16N2S. The van der Waals surface area contributed by atoms with Crippen molar-refractivity contribution in [3.8, 4) is 0 Å². The predicted octanol–water partition coefficient (Wildman–Crippen LogP) is 3.07. The highest BCUT2D eigenvalue weighted by molar-refractivity contribution is 7.11. The van der Waals surface area contributed by atoms with Crippen molar-refractivity contribution in [2.75, 3.05) is 5.73 Å². The summed E-state index contributed by atoms with van der Waals surface area (Å²) in [6.45, 7) is 2.19. The minimum absolute atomic E-state index is 0.662. The SMILES string of the molecule is CCc1ccc(CCc2cccnc2N)s1. The second kappa shape index (κ2) is 5.12. The fourth-order valence-corrected chi connectivity index (χ4v) is 2.62. The summed E-state index contributed by atoms with van der Waals surface area (Å²) < 4.78 is 0. The number of aromatic nitrogens is 1. The largest absolute Gasteiger partial charge is 0.383 e. The first-order valence-electron chi connectivity index (χ1n) is 5.56. The molecule has 16 heavy (non-hydrogen) atoms. The molecule has 0 saturated heterocycles. The molecule has 0 bridgehead atoms. The Bertz CT molecular complexity index is 462. The van der Waals surface area contributed by atoms with Gasteiger partial charge in [-0.25, -0.2) is 4.98 Å². The van der Waals surface area contributed by atoms with Crippen LogP contribution in [-0.4, -0.2) is 4.98 Å². The first-order chi connectivity index (χ1) is 7.79. The molecular weight excluding hydrogens is 216 g/mol. The summed E-state index contributed by atoms with van der Waals surface area (Å²) >= 11 is 1.90. The lowest BCUT2D eigenvalue weighted by atomic mass is 10.1. The molecule has 2 heterocycles. The molecule has 0 amide bonds. The molecule has 0 spiro atoms. The fourth-order valence-electron chi connectivity index (χ4n) is 1.67. The van der Waals surface area contributed by atoms with Crippen molar-refractivity contribution in [3.63, 3.8) is 0 Å². The number of aryl methyl sites for hydroxylation is 3. The lowest BCUT2D eigenvalue weighted by Gasteiger charge is -2.02. The van der Waals surface area contributed by atoms with Crippen molar-refractivity contribution in [1.82, 2.24) is 4.98 Å². The molecule has 2 rings (SSSR count). The quantitative estimate of drug-likeness (QED) is 0.880. The van der Waals surface area contributed by atoms with Gasteiger partial charge in [0.15, 0.2) is 0 Å². The van der Waals surface area contributed by atoms with Crippen LogP contribution in [0.5, 0.6) is 0 Å². The van der Waals surface area contributed by atoms with E-state index < -0.39 is 0 Å². The molecule has 0 aliphatic carbocycles. The molecule has 2 aromatic rings. The number of pyridine rings is 1. The summed E-state index contributed by atoms with van der Waals surface area (Å²) in [4.78, 5) is 6.98. The summed E-state index contributed by atoms with van der Waals surface area (Å²) in [5, 5.41) is 0. The van der Waals surface area contributed by atoms with Gasteiger partial charge in [-0.2, -0.15) is 0 Å². The van der Waals surface area contributed by atoms with Gasteiger partial charge < -0.3 is 5.73 Å². The van der Waals surface area contributed by atoms with Crippen LogP contribution in [0, 0.1) is 0 Å². The zero-order valence-electron chi connectivity index (χ0n) is 9.44. The molecule has 0 aliphatic heterocycles. The minimum Gasteiger partial charge on any atom is -0.383 e. The summed E-state index contributed by atoms with van der Waals surface area (Å²) in [6.07, 6.45) is 4.89. The first-order valence-corrected chi connectivity index (χ1v) is 6.38. The van der Waals surface area contributed by atoms with E-state index in [2.05, 4.69) is 30.1 Å². The maximum Gasteiger partial charge on any atom is 0.126 e. The van der Waals surface area contributed by atoms with Gasteiger partial charge in [0.1, 0.15) is 5.82 Å². The lowest BCUT2D eigenvalue weighted by Crippen LogP contribution is -1.98. The van der Waals surface area contributed by atoms with Gasteiger partial charge in [-0.3, -0.25) is 0 Å². The highest BCUT2D eigenvalue weighted by Gasteiger charge is 2.02. The van der Waals surface area contributed by atoms with E-state index in [1.54, 1.807) is 6.20 Å². The third-order valence-corrected chi connectivity index (χ3v) is 3.92. The second-order valence-electron chi connectivity index (χ2n) is 3.77. The standard InChI is InChI=1S/C13H16N2S/c1-2-11-7-8-12(16-11)6-5-10-4-3-9-15-13(10)14/h3-4,7-9H,2,5-6H2,1H3,(H2,14,15). The van der Waals surface area contributed by atoms with Crippen LogP contribution in [0.2, 0.25) is 0 Å². The summed E-state index contributed by atoms with van der Waals surface area (Å²) in [6, 6.07) is 8.43. The van der Waals surface area contributed by atoms with Crippen LogP contribution >= 0.6 is 11.3 Å². The second-order valence-corrected chi connectivity index (χ2v) is 5.02. The van der Waals surface area contributed by atoms with E-state index in [0.29, 0.717) is 5.82 Å². The Balaban J connectivity index is 1.99. The van der Waals surface area contributed by atoms with Gasteiger partial charge in [-0.1, -0.05) is 13.0 Å². The van der Waals surface area contributed by atoms with Crippen LogP contribution in [0.3, 0.4) is 0 Å². The van der Waals surface area contributed by atoms with Gasteiger partial charge in [0.25, 0.3) is 0 Å². The van der Waals surface area contributed by atoms with E-state index in [9.17, 15) is 0 Å². The molecule has 0 fully saturated rings. The predicted molar refractivity (Wildman–Crippen MR) is 69.8 cm³/mol. The van der Waals surface area contributed by atoms with Gasteiger partial charge in [0, 0.05) is 16.0 Å². The van der Waals surface area contributed by atoms with E-state index in [4.69, 9.17) is 5.73 Å². The zero-order chi connectivity index (χ0) is 11.4. The van der Waals surface area contributed by atoms with E-state index in [-0.39, 0.29) is 0 Å². The third kappa shape index (κ3) is 2.61. The monoisotopic (exact) mass is 232 g/mol. The highest BCUT2D eigenvalue weighted by atomic mass is 32.1. The van der Waals surface area contributed by atoms with Crippen LogP contribution in [-0.2, 0) is 19.3 Å². The van der Waals surface area contributed by atoms with Crippen LogP contribution in [0.15, 0.2) is 30.5 Å². The molecule has 0 aliphatic rings. The van der Waals surface area contributed by atoms with Crippen LogP contribution in [0.1, 0.15) is 22.2 Å². The van der Waals surface area contributed by atoms with Gasteiger partial charge in [-0.05, 0) is 43.0 Å². The zero-order valence-corrected chi connectivity index (χ0v) is 10.3. The normalized spacial score (nSPS) is 10.6. The van der Waals surface area contributed by atoms with Crippen molar-refractivity contribution >= 4 is 17.2 Å². The highest BCUT2D eigenvalue weighted by Crippen LogP contribution is 2.19. The number of hydrogen-bond donors (Lipinski definition) is 1. The van der Waals surface area contributed by atoms with E-state index in [0.717, 1.165) is 24.8 Å². The van der Waals surface area contributed by atoms with Crippen LogP contribution < -0.4 is 5.73 Å². The molecule has 2 aromatic heterocycles.